The third-order valence-electron chi connectivity index (χ3n) is 3.69. The van der Waals surface area contributed by atoms with E-state index >= 15 is 0 Å². The molecule has 1 aromatic rings. The fraction of sp³-hybridized carbons (Fsp3) is 0.588. The lowest BCUT2D eigenvalue weighted by molar-refractivity contribution is 0.0164. The van der Waals surface area contributed by atoms with Crippen molar-refractivity contribution in [3.8, 4) is 5.75 Å². The summed E-state index contributed by atoms with van der Waals surface area (Å²) in [6, 6.07) is 2.34. The van der Waals surface area contributed by atoms with Crippen molar-refractivity contribution in [2.24, 2.45) is 5.92 Å². The second-order valence-electron chi connectivity index (χ2n) is 6.92. The Morgan fingerprint density at radius 3 is 2.29 bits per heavy atom. The highest BCUT2D eigenvalue weighted by atomic mass is 79.9. The molecule has 24 heavy (non-hydrogen) atoms. The minimum Gasteiger partial charge on any atom is -0.487 e. The lowest BCUT2D eigenvalue weighted by Gasteiger charge is -2.33. The van der Waals surface area contributed by atoms with Gasteiger partial charge in [-0.3, -0.25) is 0 Å². The van der Waals surface area contributed by atoms with E-state index in [0.29, 0.717) is 30.4 Å². The van der Waals surface area contributed by atoms with Crippen molar-refractivity contribution >= 4 is 22.0 Å². The zero-order valence-electron chi connectivity index (χ0n) is 14.1. The largest absolute Gasteiger partial charge is 0.487 e. The van der Waals surface area contributed by atoms with Gasteiger partial charge in [0.25, 0.3) is 0 Å². The topological polar surface area (TPSA) is 38.8 Å². The summed E-state index contributed by atoms with van der Waals surface area (Å²) in [6.07, 6.45) is 1.09. The van der Waals surface area contributed by atoms with Crippen LogP contribution in [0.25, 0.3) is 0 Å². The number of carbonyl (C=O) groups excluding carboxylic acids is 1. The highest BCUT2D eigenvalue weighted by Crippen LogP contribution is 2.27. The van der Waals surface area contributed by atoms with Crippen LogP contribution >= 0.6 is 15.9 Å². The second kappa shape index (κ2) is 7.68. The van der Waals surface area contributed by atoms with Gasteiger partial charge in [0.15, 0.2) is 17.4 Å². The van der Waals surface area contributed by atoms with Crippen LogP contribution in [0.1, 0.15) is 33.6 Å². The van der Waals surface area contributed by atoms with Gasteiger partial charge in [0.1, 0.15) is 5.60 Å². The first-order chi connectivity index (χ1) is 11.2. The maximum Gasteiger partial charge on any atom is 0.410 e. The summed E-state index contributed by atoms with van der Waals surface area (Å²) in [7, 11) is 0. The molecule has 1 fully saturated rings. The van der Waals surface area contributed by atoms with E-state index in [1.807, 2.05) is 20.8 Å². The molecule has 1 amide bonds. The van der Waals surface area contributed by atoms with Crippen LogP contribution in [-0.2, 0) is 4.74 Å². The van der Waals surface area contributed by atoms with E-state index in [4.69, 9.17) is 9.47 Å². The molecule has 2 rings (SSSR count). The van der Waals surface area contributed by atoms with E-state index < -0.39 is 17.2 Å². The Kier molecular flexibility index (Phi) is 6.06. The Balaban J connectivity index is 1.83. The van der Waals surface area contributed by atoms with Crippen molar-refractivity contribution in [3.05, 3.63) is 28.2 Å². The molecular formula is C17H22BrF2NO3. The van der Waals surface area contributed by atoms with Gasteiger partial charge < -0.3 is 14.4 Å². The molecule has 0 atom stereocenters. The SMILES string of the molecule is CC(C)(C)OC(=O)N1CCC(COc2c(F)cc(Br)cc2F)CC1. The first kappa shape index (κ1) is 19.0. The summed E-state index contributed by atoms with van der Waals surface area (Å²) in [5.74, 6) is -1.67. The molecule has 134 valence electrons. The zero-order valence-corrected chi connectivity index (χ0v) is 15.7. The van der Waals surface area contributed by atoms with Gasteiger partial charge in [-0.15, -0.1) is 0 Å². The third-order valence-corrected chi connectivity index (χ3v) is 4.15. The monoisotopic (exact) mass is 405 g/mol. The molecule has 1 aliphatic heterocycles. The van der Waals surface area contributed by atoms with Crippen LogP contribution < -0.4 is 4.74 Å². The van der Waals surface area contributed by atoms with Crippen molar-refractivity contribution in [1.29, 1.82) is 0 Å². The molecule has 1 heterocycles. The Hall–Kier alpha value is -1.37. The van der Waals surface area contributed by atoms with Crippen LogP contribution in [0.2, 0.25) is 0 Å². The number of rotatable bonds is 3. The minimum atomic E-state index is -0.729. The predicted octanol–water partition coefficient (Wildman–Crippen LogP) is 4.75. The number of benzene rings is 1. The Bertz CT molecular complexity index is 573. The number of likely N-dealkylation sites (tertiary alicyclic amines) is 1. The molecule has 0 N–H and O–H groups in total. The van der Waals surface area contributed by atoms with Crippen molar-refractivity contribution in [1.82, 2.24) is 4.90 Å². The maximum atomic E-state index is 13.7. The first-order valence-electron chi connectivity index (χ1n) is 7.91. The molecule has 0 unspecified atom stereocenters. The number of nitrogens with zero attached hydrogens (tertiary/aromatic N) is 1. The lowest BCUT2D eigenvalue weighted by atomic mass is 9.98. The molecule has 4 nitrogen and oxygen atoms in total. The molecule has 7 heteroatoms. The molecule has 0 aliphatic carbocycles. The predicted molar refractivity (Wildman–Crippen MR) is 90.1 cm³/mol. The number of piperidine rings is 1. The van der Waals surface area contributed by atoms with Crippen LogP contribution in [0.3, 0.4) is 0 Å². The second-order valence-corrected chi connectivity index (χ2v) is 7.84. The van der Waals surface area contributed by atoms with Crippen LogP contribution in [0.5, 0.6) is 5.75 Å². The van der Waals surface area contributed by atoms with Gasteiger partial charge in [-0.05, 0) is 51.7 Å². The summed E-state index contributed by atoms with van der Waals surface area (Å²) in [6.45, 7) is 6.80. The van der Waals surface area contributed by atoms with Crippen LogP contribution in [0.4, 0.5) is 13.6 Å². The maximum absolute atomic E-state index is 13.7. The fourth-order valence-electron chi connectivity index (χ4n) is 2.48. The summed E-state index contributed by atoms with van der Waals surface area (Å²) in [4.78, 5) is 13.6. The molecule has 0 saturated carbocycles. The molecule has 1 saturated heterocycles. The van der Waals surface area contributed by atoms with Crippen molar-refractivity contribution in [2.45, 2.75) is 39.2 Å². The third kappa shape index (κ3) is 5.33. The average Bonchev–Trinajstić information content (AvgIpc) is 2.45. The van der Waals surface area contributed by atoms with Crippen LogP contribution in [-0.4, -0.2) is 36.3 Å². The van der Waals surface area contributed by atoms with E-state index in [2.05, 4.69) is 15.9 Å². The highest BCUT2D eigenvalue weighted by Gasteiger charge is 2.27. The van der Waals surface area contributed by atoms with Crippen molar-refractivity contribution in [2.75, 3.05) is 19.7 Å². The highest BCUT2D eigenvalue weighted by molar-refractivity contribution is 9.10. The Morgan fingerprint density at radius 1 is 1.25 bits per heavy atom. The van der Waals surface area contributed by atoms with E-state index in [9.17, 15) is 13.6 Å². The number of hydrogen-bond acceptors (Lipinski definition) is 3. The van der Waals surface area contributed by atoms with Gasteiger partial charge in [-0.1, -0.05) is 15.9 Å². The smallest absolute Gasteiger partial charge is 0.410 e. The number of halogens is 3. The summed E-state index contributed by atoms with van der Waals surface area (Å²) in [5.41, 5.74) is -0.520. The molecule has 1 aliphatic rings. The molecule has 0 spiro atoms. The van der Waals surface area contributed by atoms with Crippen molar-refractivity contribution in [3.63, 3.8) is 0 Å². The van der Waals surface area contributed by atoms with E-state index in [1.165, 1.54) is 12.1 Å². The van der Waals surface area contributed by atoms with Gasteiger partial charge >= 0.3 is 6.09 Å². The summed E-state index contributed by atoms with van der Waals surface area (Å²) < 4.78 is 38.5. The normalized spacial score (nSPS) is 16.2. The first-order valence-corrected chi connectivity index (χ1v) is 8.70. The van der Waals surface area contributed by atoms with E-state index in [1.54, 1.807) is 4.90 Å². The van der Waals surface area contributed by atoms with Gasteiger partial charge in [0.2, 0.25) is 0 Å². The van der Waals surface area contributed by atoms with E-state index in [-0.39, 0.29) is 24.4 Å². The van der Waals surface area contributed by atoms with E-state index in [0.717, 1.165) is 0 Å². The molecule has 0 bridgehead atoms. The molecular weight excluding hydrogens is 384 g/mol. The van der Waals surface area contributed by atoms with Gasteiger partial charge in [-0.2, -0.15) is 0 Å². The van der Waals surface area contributed by atoms with Crippen LogP contribution in [0, 0.1) is 17.6 Å². The zero-order chi connectivity index (χ0) is 17.9. The fourth-order valence-corrected chi connectivity index (χ4v) is 2.88. The van der Waals surface area contributed by atoms with Crippen LogP contribution in [0.15, 0.2) is 16.6 Å². The number of ether oxygens (including phenoxy) is 2. The molecule has 0 aromatic heterocycles. The minimum absolute atomic E-state index is 0.145. The Morgan fingerprint density at radius 2 is 1.79 bits per heavy atom. The number of carbonyl (C=O) groups is 1. The summed E-state index contributed by atoms with van der Waals surface area (Å²) >= 11 is 3.03. The quantitative estimate of drug-likeness (QED) is 0.727. The summed E-state index contributed by atoms with van der Waals surface area (Å²) in [5, 5.41) is 0. The number of amides is 1. The Labute approximate surface area is 149 Å². The standard InChI is InChI=1S/C17H22BrF2NO3/c1-17(2,3)24-16(22)21-6-4-11(5-7-21)10-23-15-13(19)8-12(18)9-14(15)20/h8-9,11H,4-7,10H2,1-3H3. The molecule has 0 radical (unpaired) electrons. The van der Waals surface area contributed by atoms with Gasteiger partial charge in [-0.25, -0.2) is 13.6 Å². The van der Waals surface area contributed by atoms with Gasteiger partial charge in [0, 0.05) is 17.6 Å². The van der Waals surface area contributed by atoms with Crippen molar-refractivity contribution < 1.29 is 23.0 Å². The number of hydrogen-bond donors (Lipinski definition) is 0. The lowest BCUT2D eigenvalue weighted by Crippen LogP contribution is -2.42. The molecule has 1 aromatic carbocycles. The average molecular weight is 406 g/mol. The van der Waals surface area contributed by atoms with Gasteiger partial charge in [0.05, 0.1) is 6.61 Å².